The third kappa shape index (κ3) is 7.22. The topological polar surface area (TPSA) is 23.8 Å². The van der Waals surface area contributed by atoms with Crippen molar-refractivity contribution >= 4 is 13.4 Å². The van der Waals surface area contributed by atoms with Crippen LogP contribution in [0.15, 0.2) is 0 Å². The molecule has 1 N–H and O–H groups in total. The standard InChI is InChI=1S/C13H28B2N.C11H15.CH3.Y/c1-8-9(2)11(4)14(6)13(16)15(7)12(5)10(8)3;1-7-6-8(2)10(4)11(5)9(7)3;;/h8-13,16H,1-7H3;1-5H3;1H3;/q3*-1;+3. The van der Waals surface area contributed by atoms with Crippen molar-refractivity contribution in [3.8, 4) is 0 Å². The molecule has 0 bridgehead atoms. The van der Waals surface area contributed by atoms with Crippen molar-refractivity contribution in [2.75, 3.05) is 0 Å². The van der Waals surface area contributed by atoms with Crippen molar-refractivity contribution in [1.82, 2.24) is 0 Å². The molecule has 1 saturated heterocycles. The number of benzene rings is 1. The van der Waals surface area contributed by atoms with Gasteiger partial charge < -0.3 is 13.2 Å². The van der Waals surface area contributed by atoms with E-state index in [9.17, 15) is 0 Å². The normalized spacial score (nSPS) is 29.6. The van der Waals surface area contributed by atoms with Gasteiger partial charge in [0.05, 0.1) is 0 Å². The Morgan fingerprint density at radius 3 is 1.28 bits per heavy atom. The molecule has 160 valence electrons. The van der Waals surface area contributed by atoms with Gasteiger partial charge in [0.2, 0.25) is 0 Å². The Bertz CT molecular complexity index is 519. The van der Waals surface area contributed by atoms with Crippen LogP contribution in [0.1, 0.15) is 62.4 Å². The Kier molecular flexibility index (Phi) is 14.2. The molecule has 1 aromatic carbocycles. The maximum Gasteiger partial charge on any atom is 3.00 e. The quantitative estimate of drug-likeness (QED) is 0.271. The number of nitrogens with one attached hydrogen (secondary N) is 1. The minimum absolute atomic E-state index is 0. The molecule has 29 heavy (non-hydrogen) atoms. The summed E-state index contributed by atoms with van der Waals surface area (Å²) < 4.78 is 0. The van der Waals surface area contributed by atoms with Crippen LogP contribution in [-0.4, -0.2) is 19.3 Å². The van der Waals surface area contributed by atoms with Gasteiger partial charge in [-0.05, 0) is 17.8 Å². The van der Waals surface area contributed by atoms with Crippen molar-refractivity contribution < 1.29 is 32.7 Å². The third-order valence-corrected chi connectivity index (χ3v) is 8.73. The van der Waals surface area contributed by atoms with Crippen molar-refractivity contribution in [2.45, 2.75) is 100 Å². The molecule has 0 radical (unpaired) electrons. The van der Waals surface area contributed by atoms with Crippen molar-refractivity contribution in [3.05, 3.63) is 47.0 Å². The Hall–Kier alpha value is 0.414. The summed E-state index contributed by atoms with van der Waals surface area (Å²) in [6, 6.07) is 3.35. The third-order valence-electron chi connectivity index (χ3n) is 8.73. The maximum atomic E-state index is 8.43. The van der Waals surface area contributed by atoms with E-state index in [1.807, 2.05) is 0 Å². The first kappa shape index (κ1) is 31.6. The second-order valence-corrected chi connectivity index (χ2v) is 9.79. The Morgan fingerprint density at radius 2 is 0.966 bits per heavy atom. The Balaban J connectivity index is 0. The summed E-state index contributed by atoms with van der Waals surface area (Å²) in [5.74, 6) is 3.73. The van der Waals surface area contributed by atoms with Crippen LogP contribution in [0.2, 0.25) is 25.3 Å². The molecule has 4 atom stereocenters. The van der Waals surface area contributed by atoms with E-state index in [-0.39, 0.29) is 46.0 Å². The summed E-state index contributed by atoms with van der Waals surface area (Å²) in [6.45, 7) is 28.2. The second-order valence-electron chi connectivity index (χ2n) is 9.79. The zero-order valence-electron chi connectivity index (χ0n) is 21.7. The molecular formula is C25H46B2NY. The van der Waals surface area contributed by atoms with Crippen LogP contribution in [-0.2, 0) is 32.7 Å². The van der Waals surface area contributed by atoms with Crippen LogP contribution in [0, 0.1) is 65.9 Å². The van der Waals surface area contributed by atoms with Crippen molar-refractivity contribution in [3.63, 3.8) is 0 Å². The molecule has 0 aromatic heterocycles. The molecule has 0 saturated carbocycles. The molecule has 0 aliphatic carbocycles. The summed E-state index contributed by atoms with van der Waals surface area (Å²) in [4.78, 5) is 0. The molecule has 1 nitrogen and oxygen atoms in total. The zero-order chi connectivity index (χ0) is 21.2. The number of hydrogen-bond donors (Lipinski definition) is 0. The van der Waals surface area contributed by atoms with Crippen LogP contribution >= 0.6 is 0 Å². The first-order chi connectivity index (χ1) is 12.3. The van der Waals surface area contributed by atoms with Gasteiger partial charge in [0.15, 0.2) is 0 Å². The van der Waals surface area contributed by atoms with E-state index < -0.39 is 0 Å². The van der Waals surface area contributed by atoms with Crippen molar-refractivity contribution in [1.29, 1.82) is 0 Å². The molecule has 2 rings (SSSR count). The zero-order valence-corrected chi connectivity index (χ0v) is 24.5. The summed E-state index contributed by atoms with van der Waals surface area (Å²) in [5, 5.41) is 0. The van der Waals surface area contributed by atoms with Crippen LogP contribution < -0.4 is 0 Å². The van der Waals surface area contributed by atoms with E-state index in [4.69, 9.17) is 5.73 Å². The molecule has 1 fully saturated rings. The maximum absolute atomic E-state index is 8.43. The van der Waals surface area contributed by atoms with E-state index in [0.29, 0.717) is 25.1 Å². The fraction of sp³-hybridized carbons (Fsp3) is 0.720. The predicted molar refractivity (Wildman–Crippen MR) is 133 cm³/mol. The van der Waals surface area contributed by atoms with Crippen LogP contribution in [0.4, 0.5) is 0 Å². The van der Waals surface area contributed by atoms with Crippen LogP contribution in [0.5, 0.6) is 0 Å². The van der Waals surface area contributed by atoms with Gasteiger partial charge in [0.25, 0.3) is 0 Å². The Morgan fingerprint density at radius 1 is 0.655 bits per heavy atom. The van der Waals surface area contributed by atoms with E-state index in [1.165, 1.54) is 27.8 Å². The Labute approximate surface area is 210 Å². The van der Waals surface area contributed by atoms with E-state index >= 15 is 0 Å². The monoisotopic (exact) mass is 471 g/mol. The second kappa shape index (κ2) is 13.1. The van der Waals surface area contributed by atoms with Gasteiger partial charge >= 0.3 is 32.7 Å². The molecule has 1 aromatic rings. The molecule has 0 amide bonds. The summed E-state index contributed by atoms with van der Waals surface area (Å²) in [7, 11) is 0. The first-order valence-electron chi connectivity index (χ1n) is 11.0. The average Bonchev–Trinajstić information content (AvgIpc) is 2.65. The van der Waals surface area contributed by atoms with Gasteiger partial charge in [-0.25, -0.2) is 0 Å². The summed E-state index contributed by atoms with van der Waals surface area (Å²) >= 11 is 0. The minimum atomic E-state index is 0. The average molecular weight is 471 g/mol. The van der Waals surface area contributed by atoms with Gasteiger partial charge in [-0.15, -0.1) is 0 Å². The molecule has 1 aliphatic heterocycles. The molecule has 4 heteroatoms. The van der Waals surface area contributed by atoms with E-state index in [1.54, 1.807) is 0 Å². The SMILES string of the molecule is CB1C([NH-])B(C)C(C)C(C)C(C)C(C)C1C.Cc1[c-]c(C)c(C)c(C)c1C.[CH3-].[Y+3]. The summed E-state index contributed by atoms with van der Waals surface area (Å²) in [6.07, 6.45) is 0. The van der Waals surface area contributed by atoms with E-state index in [2.05, 4.69) is 88.9 Å². The largest absolute Gasteiger partial charge is 3.00 e. The fourth-order valence-corrected chi connectivity index (χ4v) is 4.84. The number of aryl methyl sites for hydroxylation is 2. The van der Waals surface area contributed by atoms with Crippen LogP contribution in [0.3, 0.4) is 0 Å². The van der Waals surface area contributed by atoms with Crippen LogP contribution in [0.25, 0.3) is 5.73 Å². The van der Waals surface area contributed by atoms with E-state index in [0.717, 1.165) is 17.8 Å². The molecule has 1 aliphatic rings. The molecule has 4 unspecified atom stereocenters. The van der Waals surface area contributed by atoms with Gasteiger partial charge in [0, 0.05) is 0 Å². The number of hydrogen-bond acceptors (Lipinski definition) is 0. The molecule has 1 heterocycles. The van der Waals surface area contributed by atoms with Gasteiger partial charge in [-0.3, -0.25) is 0 Å². The summed E-state index contributed by atoms with van der Waals surface area (Å²) in [5.41, 5.74) is 15.2. The van der Waals surface area contributed by atoms with Gasteiger partial charge in [0.1, 0.15) is 13.4 Å². The molecular weight excluding hydrogens is 425 g/mol. The predicted octanol–water partition coefficient (Wildman–Crippen LogP) is 7.91. The van der Waals surface area contributed by atoms with Crippen molar-refractivity contribution in [2.24, 2.45) is 17.8 Å². The first-order valence-corrected chi connectivity index (χ1v) is 11.0. The molecule has 0 spiro atoms. The van der Waals surface area contributed by atoms with Gasteiger partial charge in [-0.1, -0.05) is 94.5 Å². The number of rotatable bonds is 0. The fourth-order valence-electron chi connectivity index (χ4n) is 4.84. The smallest absolute Gasteiger partial charge is 0.687 e. The minimum Gasteiger partial charge on any atom is -0.687 e. The van der Waals surface area contributed by atoms with Gasteiger partial charge in [-0.2, -0.15) is 39.7 Å².